The van der Waals surface area contributed by atoms with Gasteiger partial charge in [-0.25, -0.2) is 9.37 Å². The molecular weight excluding hydrogens is 269 g/mol. The van der Waals surface area contributed by atoms with Crippen molar-refractivity contribution in [3.8, 4) is 0 Å². The van der Waals surface area contributed by atoms with Crippen molar-refractivity contribution < 1.29 is 4.39 Å². The number of aromatic nitrogens is 2. The lowest BCUT2D eigenvalue weighted by Crippen LogP contribution is -2.22. The highest BCUT2D eigenvalue weighted by Crippen LogP contribution is 2.07. The van der Waals surface area contributed by atoms with Crippen LogP contribution in [0.5, 0.6) is 0 Å². The van der Waals surface area contributed by atoms with Gasteiger partial charge >= 0.3 is 0 Å². The zero-order valence-electron chi connectivity index (χ0n) is 12.3. The molecule has 112 valence electrons. The van der Waals surface area contributed by atoms with Gasteiger partial charge in [0.2, 0.25) is 0 Å². The van der Waals surface area contributed by atoms with Crippen molar-refractivity contribution in [3.63, 3.8) is 0 Å². The predicted octanol–water partition coefficient (Wildman–Crippen LogP) is 2.25. The maximum Gasteiger partial charge on any atom is 0.251 e. The quantitative estimate of drug-likeness (QED) is 0.857. The first-order valence-electron chi connectivity index (χ1n) is 7.07. The van der Waals surface area contributed by atoms with E-state index in [-0.39, 0.29) is 11.4 Å². The van der Waals surface area contributed by atoms with Crippen LogP contribution >= 0.6 is 0 Å². The van der Waals surface area contributed by atoms with Gasteiger partial charge in [-0.15, -0.1) is 0 Å². The van der Waals surface area contributed by atoms with Crippen molar-refractivity contribution in [1.29, 1.82) is 0 Å². The minimum atomic E-state index is -0.271. The summed E-state index contributed by atoms with van der Waals surface area (Å²) in [6, 6.07) is 7.70. The van der Waals surface area contributed by atoms with Crippen LogP contribution in [0.3, 0.4) is 0 Å². The molecule has 5 heteroatoms. The van der Waals surface area contributed by atoms with Crippen molar-refractivity contribution in [3.05, 3.63) is 63.6 Å². The highest BCUT2D eigenvalue weighted by Gasteiger charge is 2.04. The third-order valence-corrected chi connectivity index (χ3v) is 2.99. The van der Waals surface area contributed by atoms with Gasteiger partial charge in [0.1, 0.15) is 11.6 Å². The maximum absolute atomic E-state index is 12.9. The molecule has 0 aliphatic carbocycles. The van der Waals surface area contributed by atoms with Gasteiger partial charge in [-0.3, -0.25) is 4.79 Å². The third-order valence-electron chi connectivity index (χ3n) is 2.99. The van der Waals surface area contributed by atoms with E-state index in [1.165, 1.54) is 18.2 Å². The van der Waals surface area contributed by atoms with E-state index in [2.05, 4.69) is 29.1 Å². The van der Waals surface area contributed by atoms with Crippen LogP contribution in [0, 0.1) is 11.7 Å². The molecular formula is C16H20FN3O. The second kappa shape index (κ2) is 7.13. The van der Waals surface area contributed by atoms with Gasteiger partial charge in [0.05, 0.1) is 5.69 Å². The summed E-state index contributed by atoms with van der Waals surface area (Å²) in [4.78, 5) is 18.8. The van der Waals surface area contributed by atoms with E-state index in [0.29, 0.717) is 24.7 Å². The number of rotatable bonds is 6. The molecule has 1 aromatic heterocycles. The summed E-state index contributed by atoms with van der Waals surface area (Å²) in [5.74, 6) is 0.868. The van der Waals surface area contributed by atoms with Gasteiger partial charge in [0.15, 0.2) is 0 Å². The Bertz CT molecular complexity index is 635. The second-order valence-electron chi connectivity index (χ2n) is 5.51. The first-order chi connectivity index (χ1) is 10.0. The van der Waals surface area contributed by atoms with E-state index in [0.717, 1.165) is 17.8 Å². The second-order valence-corrected chi connectivity index (χ2v) is 5.51. The van der Waals surface area contributed by atoms with Gasteiger partial charge in [0.25, 0.3) is 5.56 Å². The van der Waals surface area contributed by atoms with E-state index >= 15 is 0 Å². The summed E-state index contributed by atoms with van der Waals surface area (Å²) in [6.45, 7) is 5.69. The summed E-state index contributed by atoms with van der Waals surface area (Å²) in [5.41, 5.74) is 1.46. The number of aromatic amines is 1. The van der Waals surface area contributed by atoms with Crippen LogP contribution < -0.4 is 10.9 Å². The van der Waals surface area contributed by atoms with Gasteiger partial charge < -0.3 is 10.3 Å². The molecule has 1 aromatic carbocycles. The predicted molar refractivity (Wildman–Crippen MR) is 80.6 cm³/mol. The van der Waals surface area contributed by atoms with E-state index in [1.807, 2.05) is 0 Å². The largest absolute Gasteiger partial charge is 0.311 e. The molecule has 0 unspecified atom stereocenters. The number of nitrogens with zero attached hydrogens (tertiary/aromatic N) is 1. The Labute approximate surface area is 123 Å². The van der Waals surface area contributed by atoms with Gasteiger partial charge in [-0.1, -0.05) is 26.0 Å². The normalized spacial score (nSPS) is 11.0. The number of nitrogens with one attached hydrogen (secondary N) is 2. The van der Waals surface area contributed by atoms with Gasteiger partial charge in [0, 0.05) is 19.0 Å². The molecule has 0 spiro atoms. The first-order valence-corrected chi connectivity index (χ1v) is 7.07. The molecule has 21 heavy (non-hydrogen) atoms. The van der Waals surface area contributed by atoms with Crippen molar-refractivity contribution in [2.24, 2.45) is 5.92 Å². The molecule has 2 aromatic rings. The van der Waals surface area contributed by atoms with Crippen molar-refractivity contribution in [1.82, 2.24) is 15.3 Å². The summed E-state index contributed by atoms with van der Waals surface area (Å²) < 4.78 is 12.9. The van der Waals surface area contributed by atoms with Crippen LogP contribution in [-0.2, 0) is 13.0 Å². The molecule has 0 aliphatic heterocycles. The average Bonchev–Trinajstić information content (AvgIpc) is 2.40. The summed E-state index contributed by atoms with van der Waals surface area (Å²) in [6.07, 6.45) is 0.480. The minimum absolute atomic E-state index is 0.163. The van der Waals surface area contributed by atoms with Crippen LogP contribution in [0.15, 0.2) is 35.1 Å². The fourth-order valence-electron chi connectivity index (χ4n) is 2.02. The van der Waals surface area contributed by atoms with Crippen molar-refractivity contribution in [2.75, 3.05) is 6.54 Å². The molecule has 0 radical (unpaired) electrons. The van der Waals surface area contributed by atoms with Crippen LogP contribution in [-0.4, -0.2) is 16.5 Å². The Morgan fingerprint density at radius 3 is 2.67 bits per heavy atom. The van der Waals surface area contributed by atoms with E-state index in [1.54, 1.807) is 12.1 Å². The molecule has 4 nitrogen and oxygen atoms in total. The molecule has 0 fully saturated rings. The third kappa shape index (κ3) is 5.11. The number of hydrogen-bond donors (Lipinski definition) is 2. The highest BCUT2D eigenvalue weighted by atomic mass is 19.1. The van der Waals surface area contributed by atoms with Gasteiger partial charge in [-0.2, -0.15) is 0 Å². The summed E-state index contributed by atoms with van der Waals surface area (Å²) in [7, 11) is 0. The fraction of sp³-hybridized carbons (Fsp3) is 0.375. The number of halogens is 1. The molecule has 0 atom stereocenters. The molecule has 2 N–H and O–H groups in total. The molecule has 1 heterocycles. The monoisotopic (exact) mass is 289 g/mol. The Morgan fingerprint density at radius 1 is 1.29 bits per heavy atom. The van der Waals surface area contributed by atoms with Crippen molar-refractivity contribution >= 4 is 0 Å². The van der Waals surface area contributed by atoms with Crippen molar-refractivity contribution in [2.45, 2.75) is 26.8 Å². The smallest absolute Gasteiger partial charge is 0.251 e. The molecule has 0 bridgehead atoms. The van der Waals surface area contributed by atoms with Crippen LogP contribution in [0.1, 0.15) is 30.9 Å². The summed E-state index contributed by atoms with van der Waals surface area (Å²) >= 11 is 0. The van der Waals surface area contributed by atoms with Crippen LogP contribution in [0.2, 0.25) is 0 Å². The van der Waals surface area contributed by atoms with E-state index in [9.17, 15) is 9.18 Å². The average molecular weight is 289 g/mol. The SMILES string of the molecule is CC(C)CNCc1cc(=O)[nH]c(Cc2ccc(F)cc2)n1. The standard InChI is InChI=1S/C16H20FN3O/c1-11(2)9-18-10-14-8-16(21)20-15(19-14)7-12-3-5-13(17)6-4-12/h3-6,8,11,18H,7,9-10H2,1-2H3,(H,19,20,21). The lowest BCUT2D eigenvalue weighted by atomic mass is 10.1. The van der Waals surface area contributed by atoms with E-state index < -0.39 is 0 Å². The Hall–Kier alpha value is -2.01. The Morgan fingerprint density at radius 2 is 2.00 bits per heavy atom. The molecule has 0 aliphatic rings. The maximum atomic E-state index is 12.9. The number of hydrogen-bond acceptors (Lipinski definition) is 3. The topological polar surface area (TPSA) is 57.8 Å². The van der Waals surface area contributed by atoms with Crippen LogP contribution in [0.4, 0.5) is 4.39 Å². The lowest BCUT2D eigenvalue weighted by molar-refractivity contribution is 0.546. The zero-order chi connectivity index (χ0) is 15.2. The molecule has 0 saturated carbocycles. The fourth-order valence-corrected chi connectivity index (χ4v) is 2.02. The molecule has 0 amide bonds. The Balaban J connectivity index is 2.07. The lowest BCUT2D eigenvalue weighted by Gasteiger charge is -2.08. The highest BCUT2D eigenvalue weighted by molar-refractivity contribution is 5.20. The first kappa shape index (κ1) is 15.4. The minimum Gasteiger partial charge on any atom is -0.311 e. The Kier molecular flexibility index (Phi) is 5.22. The van der Waals surface area contributed by atoms with Crippen LogP contribution in [0.25, 0.3) is 0 Å². The number of benzene rings is 1. The van der Waals surface area contributed by atoms with Gasteiger partial charge in [-0.05, 0) is 30.2 Å². The summed E-state index contributed by atoms with van der Waals surface area (Å²) in [5, 5.41) is 3.26. The molecule has 0 saturated heterocycles. The zero-order valence-corrected chi connectivity index (χ0v) is 12.3. The molecule has 2 rings (SSSR count). The van der Waals surface area contributed by atoms with E-state index in [4.69, 9.17) is 0 Å². The number of H-pyrrole nitrogens is 1.